The molecule has 0 saturated carbocycles. The van der Waals surface area contributed by atoms with Gasteiger partial charge < -0.3 is 26.4 Å². The number of carbonyl (C=O) groups is 2. The Bertz CT molecular complexity index is 908. The van der Waals surface area contributed by atoms with E-state index in [1.165, 1.54) is 12.1 Å². The number of carbonyl (C=O) groups excluding carboxylic acids is 2. The molecule has 1 fully saturated rings. The lowest BCUT2D eigenvalue weighted by atomic mass is 10.1. The van der Waals surface area contributed by atoms with Gasteiger partial charge in [0.25, 0.3) is 5.91 Å². The zero-order valence-electron chi connectivity index (χ0n) is 16.6. The zero-order chi connectivity index (χ0) is 21.5. The summed E-state index contributed by atoms with van der Waals surface area (Å²) in [6.07, 6.45) is 0.868. The number of hydrogen-bond donors (Lipinski definition) is 4. The van der Waals surface area contributed by atoms with Gasteiger partial charge in [-0.15, -0.1) is 0 Å². The number of nitrogens with zero attached hydrogens (tertiary/aromatic N) is 2. The van der Waals surface area contributed by atoms with Gasteiger partial charge in [0, 0.05) is 32.6 Å². The standard InChI is InChI=1S/C21H26FN5O3/c22-15-3-1-2-14(12-15)6-9-24-20-17(21(30)25-10-7-18(23)29)4-5-19(26-20)27-11-8-16(28)13-27/h1-5,12,16,28H,6-11,13H2,(H2,23,29)(H,24,26)(H,25,30). The molecule has 2 aromatic rings. The van der Waals surface area contributed by atoms with Crippen molar-refractivity contribution in [1.82, 2.24) is 10.3 Å². The molecule has 0 spiro atoms. The number of anilines is 2. The van der Waals surface area contributed by atoms with Crippen LogP contribution in [0, 0.1) is 5.82 Å². The first-order valence-corrected chi connectivity index (χ1v) is 9.91. The van der Waals surface area contributed by atoms with Crippen LogP contribution >= 0.6 is 0 Å². The van der Waals surface area contributed by atoms with Crippen molar-refractivity contribution in [3.05, 3.63) is 53.3 Å². The zero-order valence-corrected chi connectivity index (χ0v) is 16.6. The predicted molar refractivity (Wildman–Crippen MR) is 112 cm³/mol. The van der Waals surface area contributed by atoms with E-state index in [-0.39, 0.29) is 24.7 Å². The predicted octanol–water partition coefficient (Wildman–Crippen LogP) is 1.05. The number of benzene rings is 1. The molecule has 1 atom stereocenters. The molecule has 160 valence electrons. The van der Waals surface area contributed by atoms with Crippen LogP contribution in [0.4, 0.5) is 16.0 Å². The van der Waals surface area contributed by atoms with Gasteiger partial charge in [-0.25, -0.2) is 9.37 Å². The summed E-state index contributed by atoms with van der Waals surface area (Å²) in [5, 5.41) is 15.6. The first-order valence-electron chi connectivity index (χ1n) is 9.91. The summed E-state index contributed by atoms with van der Waals surface area (Å²) in [7, 11) is 0. The second-order valence-corrected chi connectivity index (χ2v) is 7.23. The summed E-state index contributed by atoms with van der Waals surface area (Å²) < 4.78 is 13.4. The Labute approximate surface area is 174 Å². The van der Waals surface area contributed by atoms with Crippen LogP contribution in [-0.4, -0.2) is 54.2 Å². The SMILES string of the molecule is NC(=O)CCNC(=O)c1ccc(N2CCC(O)C2)nc1NCCc1cccc(F)c1. The molecule has 0 bridgehead atoms. The maximum Gasteiger partial charge on any atom is 0.255 e. The van der Waals surface area contributed by atoms with Crippen molar-refractivity contribution in [2.45, 2.75) is 25.4 Å². The summed E-state index contributed by atoms with van der Waals surface area (Å²) in [5.74, 6) is -0.111. The largest absolute Gasteiger partial charge is 0.391 e. The number of nitrogens with two attached hydrogens (primary N) is 1. The molecule has 1 aliphatic rings. The highest BCUT2D eigenvalue weighted by Crippen LogP contribution is 2.23. The van der Waals surface area contributed by atoms with E-state index in [1.807, 2.05) is 11.0 Å². The third-order valence-electron chi connectivity index (χ3n) is 4.86. The van der Waals surface area contributed by atoms with E-state index >= 15 is 0 Å². The topological polar surface area (TPSA) is 121 Å². The van der Waals surface area contributed by atoms with E-state index in [0.29, 0.717) is 49.7 Å². The highest BCUT2D eigenvalue weighted by molar-refractivity contribution is 5.99. The lowest BCUT2D eigenvalue weighted by Gasteiger charge is -2.19. The first kappa shape index (κ1) is 21.5. The first-order chi connectivity index (χ1) is 14.4. The summed E-state index contributed by atoms with van der Waals surface area (Å²) in [5.41, 5.74) is 6.28. The normalized spacial score (nSPS) is 15.8. The summed E-state index contributed by atoms with van der Waals surface area (Å²) in [4.78, 5) is 30.0. The number of β-amino-alcohol motifs (C(OH)–C–C–N with tert-alkyl or cyclic N) is 1. The van der Waals surface area contributed by atoms with Crippen LogP contribution in [-0.2, 0) is 11.2 Å². The van der Waals surface area contributed by atoms with E-state index in [1.54, 1.807) is 18.2 Å². The van der Waals surface area contributed by atoms with Crippen molar-refractivity contribution >= 4 is 23.5 Å². The summed E-state index contributed by atoms with van der Waals surface area (Å²) in [6.45, 7) is 1.75. The molecule has 2 heterocycles. The van der Waals surface area contributed by atoms with Gasteiger partial charge in [-0.2, -0.15) is 0 Å². The molecule has 5 N–H and O–H groups in total. The van der Waals surface area contributed by atoms with E-state index in [0.717, 1.165) is 5.56 Å². The smallest absolute Gasteiger partial charge is 0.255 e. The summed E-state index contributed by atoms with van der Waals surface area (Å²) in [6, 6.07) is 9.74. The van der Waals surface area contributed by atoms with Gasteiger partial charge in [-0.1, -0.05) is 12.1 Å². The monoisotopic (exact) mass is 415 g/mol. The Morgan fingerprint density at radius 1 is 1.27 bits per heavy atom. The highest BCUT2D eigenvalue weighted by Gasteiger charge is 2.23. The number of aliphatic hydroxyl groups excluding tert-OH is 1. The van der Waals surface area contributed by atoms with Crippen LogP contribution in [0.5, 0.6) is 0 Å². The molecule has 1 aromatic heterocycles. The maximum atomic E-state index is 13.4. The van der Waals surface area contributed by atoms with Gasteiger partial charge in [0.2, 0.25) is 5.91 Å². The fourth-order valence-electron chi connectivity index (χ4n) is 3.31. The lowest BCUT2D eigenvalue weighted by molar-refractivity contribution is -0.117. The van der Waals surface area contributed by atoms with Crippen LogP contribution in [0.15, 0.2) is 36.4 Å². The van der Waals surface area contributed by atoms with Crippen molar-refractivity contribution in [2.24, 2.45) is 5.73 Å². The molecule has 1 saturated heterocycles. The van der Waals surface area contributed by atoms with Crippen LogP contribution < -0.4 is 21.3 Å². The fourth-order valence-corrected chi connectivity index (χ4v) is 3.31. The van der Waals surface area contributed by atoms with Crippen molar-refractivity contribution in [3.8, 4) is 0 Å². The van der Waals surface area contributed by atoms with Crippen LogP contribution in [0.25, 0.3) is 0 Å². The second kappa shape index (κ2) is 10.0. The molecule has 3 rings (SSSR count). The average molecular weight is 415 g/mol. The van der Waals surface area contributed by atoms with Crippen LogP contribution in [0.3, 0.4) is 0 Å². The Morgan fingerprint density at radius 3 is 2.80 bits per heavy atom. The summed E-state index contributed by atoms with van der Waals surface area (Å²) >= 11 is 0. The van der Waals surface area contributed by atoms with Crippen LogP contribution in [0.2, 0.25) is 0 Å². The van der Waals surface area contributed by atoms with Crippen LogP contribution in [0.1, 0.15) is 28.8 Å². The van der Waals surface area contributed by atoms with Gasteiger partial charge in [-0.3, -0.25) is 9.59 Å². The number of nitrogens with one attached hydrogen (secondary N) is 2. The van der Waals surface area contributed by atoms with Gasteiger partial charge in [0.1, 0.15) is 17.5 Å². The third kappa shape index (κ3) is 5.90. The van der Waals surface area contributed by atoms with E-state index in [9.17, 15) is 19.1 Å². The lowest BCUT2D eigenvalue weighted by Crippen LogP contribution is -2.29. The highest BCUT2D eigenvalue weighted by atomic mass is 19.1. The Kier molecular flexibility index (Phi) is 7.18. The number of pyridine rings is 1. The van der Waals surface area contributed by atoms with Crippen molar-refractivity contribution in [3.63, 3.8) is 0 Å². The molecule has 1 aliphatic heterocycles. The molecule has 1 aromatic carbocycles. The van der Waals surface area contributed by atoms with Gasteiger partial charge in [-0.05, 0) is 42.7 Å². The fraction of sp³-hybridized carbons (Fsp3) is 0.381. The number of hydrogen-bond acceptors (Lipinski definition) is 6. The minimum Gasteiger partial charge on any atom is -0.391 e. The molecule has 2 amide bonds. The number of rotatable bonds is 9. The molecular weight excluding hydrogens is 389 g/mol. The molecule has 1 unspecified atom stereocenters. The van der Waals surface area contributed by atoms with Gasteiger partial charge in [0.15, 0.2) is 0 Å². The van der Waals surface area contributed by atoms with Crippen molar-refractivity contribution < 1.29 is 19.1 Å². The Balaban J connectivity index is 1.73. The van der Waals surface area contributed by atoms with E-state index in [2.05, 4.69) is 15.6 Å². The quantitative estimate of drug-likeness (QED) is 0.486. The number of amides is 2. The second-order valence-electron chi connectivity index (χ2n) is 7.23. The molecule has 0 aliphatic carbocycles. The molecule has 8 nitrogen and oxygen atoms in total. The molecule has 0 radical (unpaired) electrons. The number of primary amides is 1. The van der Waals surface area contributed by atoms with Crippen molar-refractivity contribution in [1.29, 1.82) is 0 Å². The number of aliphatic hydroxyl groups is 1. The Hall–Kier alpha value is -3.20. The Morgan fingerprint density at radius 2 is 2.10 bits per heavy atom. The van der Waals surface area contributed by atoms with E-state index in [4.69, 9.17) is 5.73 Å². The number of aromatic nitrogens is 1. The minimum absolute atomic E-state index is 0.0469. The number of halogens is 1. The third-order valence-corrected chi connectivity index (χ3v) is 4.86. The van der Waals surface area contributed by atoms with Gasteiger partial charge in [0.05, 0.1) is 11.7 Å². The molecule has 30 heavy (non-hydrogen) atoms. The van der Waals surface area contributed by atoms with E-state index < -0.39 is 12.0 Å². The minimum atomic E-state index is -0.496. The molecular formula is C21H26FN5O3. The van der Waals surface area contributed by atoms with Gasteiger partial charge >= 0.3 is 0 Å². The maximum absolute atomic E-state index is 13.4. The van der Waals surface area contributed by atoms with Crippen molar-refractivity contribution in [2.75, 3.05) is 36.4 Å². The molecule has 9 heteroatoms. The average Bonchev–Trinajstić information content (AvgIpc) is 3.14.